The Labute approximate surface area is 112 Å². The van der Waals surface area contributed by atoms with Gasteiger partial charge in [-0.15, -0.1) is 0 Å². The van der Waals surface area contributed by atoms with Crippen LogP contribution in [0, 0.1) is 0 Å². The van der Waals surface area contributed by atoms with Crippen LogP contribution in [0.1, 0.15) is 29.5 Å². The number of carboxylic acids is 1. The van der Waals surface area contributed by atoms with E-state index in [0.29, 0.717) is 13.2 Å². The zero-order valence-electron chi connectivity index (χ0n) is 10.9. The quantitative estimate of drug-likeness (QED) is 0.855. The molecule has 4 heteroatoms. The molecule has 3 rings (SSSR count). The van der Waals surface area contributed by atoms with Gasteiger partial charge in [-0.05, 0) is 36.0 Å². The van der Waals surface area contributed by atoms with Crippen molar-refractivity contribution >= 4 is 5.97 Å². The molecule has 19 heavy (non-hydrogen) atoms. The molecule has 102 valence electrons. The Hall–Kier alpha value is -1.39. The maximum Gasteiger partial charge on any atom is 0.304 e. The molecule has 1 aliphatic carbocycles. The number of carbonyl (C=O) groups is 1. The van der Waals surface area contributed by atoms with E-state index < -0.39 is 12.0 Å². The van der Waals surface area contributed by atoms with E-state index in [2.05, 4.69) is 18.2 Å². The van der Waals surface area contributed by atoms with Gasteiger partial charge in [-0.2, -0.15) is 0 Å². The van der Waals surface area contributed by atoms with Gasteiger partial charge in [0.1, 0.15) is 0 Å². The molecule has 0 aromatic heterocycles. The third-order valence-corrected chi connectivity index (χ3v) is 4.50. The van der Waals surface area contributed by atoms with Crippen molar-refractivity contribution in [3.63, 3.8) is 0 Å². The summed E-state index contributed by atoms with van der Waals surface area (Å²) in [6.45, 7) is 1.06. The van der Waals surface area contributed by atoms with Crippen molar-refractivity contribution in [1.29, 1.82) is 0 Å². The highest BCUT2D eigenvalue weighted by Crippen LogP contribution is 2.38. The zero-order valence-corrected chi connectivity index (χ0v) is 10.9. The van der Waals surface area contributed by atoms with Crippen LogP contribution >= 0.6 is 0 Å². The molecular formula is C15H19NO3. The summed E-state index contributed by atoms with van der Waals surface area (Å²) in [5.41, 5.74) is 9.79. The third-order valence-electron chi connectivity index (χ3n) is 4.50. The van der Waals surface area contributed by atoms with Gasteiger partial charge in [0.2, 0.25) is 0 Å². The summed E-state index contributed by atoms with van der Waals surface area (Å²) in [4.78, 5) is 10.9. The van der Waals surface area contributed by atoms with Crippen molar-refractivity contribution in [2.45, 2.75) is 37.1 Å². The molecule has 2 aliphatic rings. The molecular weight excluding hydrogens is 242 g/mol. The highest BCUT2D eigenvalue weighted by Gasteiger charge is 2.46. The monoisotopic (exact) mass is 261 g/mol. The van der Waals surface area contributed by atoms with Crippen molar-refractivity contribution in [3.8, 4) is 0 Å². The molecule has 0 amide bonds. The van der Waals surface area contributed by atoms with Crippen LogP contribution in [0.25, 0.3) is 0 Å². The fourth-order valence-electron chi connectivity index (χ4n) is 3.18. The molecule has 1 aliphatic heterocycles. The molecule has 1 aromatic carbocycles. The number of hydrogen-bond acceptors (Lipinski definition) is 3. The minimum atomic E-state index is -0.847. The summed E-state index contributed by atoms with van der Waals surface area (Å²) in [5.74, 6) is -0.847. The van der Waals surface area contributed by atoms with Gasteiger partial charge in [-0.25, -0.2) is 0 Å². The molecule has 1 aromatic rings. The fraction of sp³-hybridized carbons (Fsp3) is 0.533. The summed E-state index contributed by atoms with van der Waals surface area (Å²) in [5, 5.41) is 8.95. The van der Waals surface area contributed by atoms with E-state index in [4.69, 9.17) is 15.6 Å². The number of carboxylic acid groups (broad SMARTS) is 1. The molecule has 1 heterocycles. The van der Waals surface area contributed by atoms with Gasteiger partial charge in [-0.1, -0.05) is 18.2 Å². The fourth-order valence-corrected chi connectivity index (χ4v) is 3.18. The largest absolute Gasteiger partial charge is 0.481 e. The topological polar surface area (TPSA) is 72.6 Å². The van der Waals surface area contributed by atoms with Gasteiger partial charge in [0.25, 0.3) is 0 Å². The van der Waals surface area contributed by atoms with Crippen molar-refractivity contribution in [2.24, 2.45) is 5.73 Å². The summed E-state index contributed by atoms with van der Waals surface area (Å²) in [6, 6.07) is 6.10. The first-order valence-corrected chi connectivity index (χ1v) is 6.79. The number of hydrogen-bond donors (Lipinski definition) is 2. The molecule has 0 bridgehead atoms. The van der Waals surface area contributed by atoms with Gasteiger partial charge in [-0.3, -0.25) is 4.79 Å². The SMILES string of the molecule is NC(CC(=O)O)C1(c2ccc3c(c2)CCC3)COC1. The van der Waals surface area contributed by atoms with Gasteiger partial charge >= 0.3 is 5.97 Å². The smallest absolute Gasteiger partial charge is 0.304 e. The molecule has 0 saturated carbocycles. The predicted molar refractivity (Wildman–Crippen MR) is 71.2 cm³/mol. The Morgan fingerprint density at radius 3 is 2.74 bits per heavy atom. The van der Waals surface area contributed by atoms with Crippen molar-refractivity contribution < 1.29 is 14.6 Å². The van der Waals surface area contributed by atoms with Crippen molar-refractivity contribution in [3.05, 3.63) is 34.9 Å². The van der Waals surface area contributed by atoms with Crippen LogP contribution in [0.15, 0.2) is 18.2 Å². The summed E-state index contributed by atoms with van der Waals surface area (Å²) < 4.78 is 5.34. The molecule has 0 radical (unpaired) electrons. The van der Waals surface area contributed by atoms with E-state index in [1.54, 1.807) is 0 Å². The number of benzene rings is 1. The molecule has 0 spiro atoms. The highest BCUT2D eigenvalue weighted by molar-refractivity contribution is 5.68. The number of aryl methyl sites for hydroxylation is 2. The lowest BCUT2D eigenvalue weighted by atomic mass is 9.71. The maximum atomic E-state index is 10.9. The summed E-state index contributed by atoms with van der Waals surface area (Å²) in [7, 11) is 0. The number of ether oxygens (including phenoxy) is 1. The lowest BCUT2D eigenvalue weighted by molar-refractivity contribution is -0.140. The average molecular weight is 261 g/mol. The molecule has 4 nitrogen and oxygen atoms in total. The Balaban J connectivity index is 1.91. The van der Waals surface area contributed by atoms with E-state index in [9.17, 15) is 4.79 Å². The second-order valence-electron chi connectivity index (χ2n) is 5.69. The average Bonchev–Trinajstić information content (AvgIpc) is 2.73. The lowest BCUT2D eigenvalue weighted by Crippen LogP contribution is -2.59. The minimum Gasteiger partial charge on any atom is -0.481 e. The Morgan fingerprint density at radius 1 is 1.37 bits per heavy atom. The van der Waals surface area contributed by atoms with Crippen LogP contribution in [0.5, 0.6) is 0 Å². The first-order chi connectivity index (χ1) is 9.12. The van der Waals surface area contributed by atoms with Crippen LogP contribution < -0.4 is 5.73 Å². The number of rotatable bonds is 4. The molecule has 1 saturated heterocycles. The predicted octanol–water partition coefficient (Wildman–Crippen LogP) is 1.25. The molecule has 1 fully saturated rings. The zero-order chi connectivity index (χ0) is 13.5. The van der Waals surface area contributed by atoms with Crippen LogP contribution in [0.3, 0.4) is 0 Å². The van der Waals surface area contributed by atoms with E-state index in [1.807, 2.05) is 0 Å². The third kappa shape index (κ3) is 2.05. The van der Waals surface area contributed by atoms with Crippen molar-refractivity contribution in [1.82, 2.24) is 0 Å². The standard InChI is InChI=1S/C15H19NO3/c16-13(7-14(17)18)15(8-19-9-15)12-5-4-10-2-1-3-11(10)6-12/h4-6,13H,1-3,7-9,16H2,(H,17,18). The second-order valence-corrected chi connectivity index (χ2v) is 5.69. The normalized spacial score (nSPS) is 21.5. The molecule has 1 atom stereocenters. The first kappa shape index (κ1) is 12.6. The lowest BCUT2D eigenvalue weighted by Gasteiger charge is -2.46. The van der Waals surface area contributed by atoms with Crippen LogP contribution in [-0.2, 0) is 27.8 Å². The summed E-state index contributed by atoms with van der Waals surface area (Å²) >= 11 is 0. The maximum absolute atomic E-state index is 10.9. The Kier molecular flexibility index (Phi) is 3.07. The van der Waals surface area contributed by atoms with Gasteiger partial charge < -0.3 is 15.6 Å². The Bertz CT molecular complexity index is 508. The number of fused-ring (bicyclic) bond motifs is 1. The minimum absolute atomic E-state index is 0.0134. The van der Waals surface area contributed by atoms with E-state index >= 15 is 0 Å². The van der Waals surface area contributed by atoms with Crippen molar-refractivity contribution in [2.75, 3.05) is 13.2 Å². The van der Waals surface area contributed by atoms with Gasteiger partial charge in [0, 0.05) is 6.04 Å². The number of aliphatic carboxylic acids is 1. The van der Waals surface area contributed by atoms with Crippen LogP contribution in [0.4, 0.5) is 0 Å². The summed E-state index contributed by atoms with van der Waals surface area (Å²) in [6.07, 6.45) is 3.47. The molecule has 1 unspecified atom stereocenters. The second kappa shape index (κ2) is 4.62. The van der Waals surface area contributed by atoms with E-state index in [1.165, 1.54) is 17.5 Å². The molecule has 3 N–H and O–H groups in total. The number of nitrogens with two attached hydrogens (primary N) is 1. The van der Waals surface area contributed by atoms with Crippen LogP contribution in [-0.4, -0.2) is 30.3 Å². The first-order valence-electron chi connectivity index (χ1n) is 6.79. The Morgan fingerprint density at radius 2 is 2.11 bits per heavy atom. The van der Waals surface area contributed by atoms with Gasteiger partial charge in [0.15, 0.2) is 0 Å². The van der Waals surface area contributed by atoms with E-state index in [0.717, 1.165) is 18.4 Å². The van der Waals surface area contributed by atoms with Crippen LogP contribution in [0.2, 0.25) is 0 Å². The highest BCUT2D eigenvalue weighted by atomic mass is 16.5. The van der Waals surface area contributed by atoms with Gasteiger partial charge in [0.05, 0.1) is 25.0 Å². The van der Waals surface area contributed by atoms with E-state index in [-0.39, 0.29) is 11.8 Å².